The molecule has 0 spiro atoms. The highest BCUT2D eigenvalue weighted by atomic mass is 16.5. The van der Waals surface area contributed by atoms with Crippen LogP contribution in [0.2, 0.25) is 0 Å². The Morgan fingerprint density at radius 1 is 1.00 bits per heavy atom. The minimum Gasteiger partial charge on any atom is -0.369 e. The zero-order chi connectivity index (χ0) is 16.5. The van der Waals surface area contributed by atoms with Crippen molar-refractivity contribution >= 4 is 11.8 Å². The van der Waals surface area contributed by atoms with E-state index in [1.165, 1.54) is 5.56 Å². The van der Waals surface area contributed by atoms with Crippen LogP contribution in [0, 0.1) is 0 Å². The maximum absolute atomic E-state index is 11.9. The van der Waals surface area contributed by atoms with Crippen LogP contribution in [0.3, 0.4) is 0 Å². The molecule has 0 aromatic heterocycles. The maximum atomic E-state index is 11.9. The zero-order valence-corrected chi connectivity index (χ0v) is 13.8. The van der Waals surface area contributed by atoms with E-state index in [1.54, 1.807) is 0 Å². The van der Waals surface area contributed by atoms with E-state index in [-0.39, 0.29) is 24.5 Å². The Morgan fingerprint density at radius 3 is 2.14 bits per heavy atom. The smallest absolute Gasteiger partial charge is 0.251 e. The normalized spacial score (nSPS) is 10.8. The second-order valence-corrected chi connectivity index (χ2v) is 5.74. The lowest BCUT2D eigenvalue weighted by Crippen LogP contribution is -2.36. The molecule has 0 aliphatic heterocycles. The first-order valence-electron chi connectivity index (χ1n) is 7.66. The van der Waals surface area contributed by atoms with E-state index in [9.17, 15) is 9.59 Å². The van der Waals surface area contributed by atoms with Crippen molar-refractivity contribution in [2.75, 3.05) is 19.7 Å². The van der Waals surface area contributed by atoms with Crippen LogP contribution in [-0.2, 0) is 9.53 Å². The van der Waals surface area contributed by atoms with Crippen LogP contribution < -0.4 is 10.6 Å². The maximum Gasteiger partial charge on any atom is 0.251 e. The largest absolute Gasteiger partial charge is 0.369 e. The second-order valence-electron chi connectivity index (χ2n) is 5.74. The third-order valence-electron chi connectivity index (χ3n) is 3.12. The molecule has 0 fully saturated rings. The number of carbonyl (C=O) groups is 2. The molecule has 0 radical (unpaired) electrons. The monoisotopic (exact) mass is 306 g/mol. The molecule has 122 valence electrons. The van der Waals surface area contributed by atoms with Crippen LogP contribution in [-0.4, -0.2) is 37.6 Å². The molecule has 1 aromatic carbocycles. The van der Waals surface area contributed by atoms with Gasteiger partial charge in [0.15, 0.2) is 0 Å². The van der Waals surface area contributed by atoms with Gasteiger partial charge in [0.2, 0.25) is 5.91 Å². The molecule has 5 nitrogen and oxygen atoms in total. The highest BCUT2D eigenvalue weighted by molar-refractivity contribution is 5.94. The summed E-state index contributed by atoms with van der Waals surface area (Å²) in [6.07, 6.45) is 0.0271. The average Bonchev–Trinajstić information content (AvgIpc) is 2.49. The molecule has 0 atom stereocenters. The second kappa shape index (κ2) is 9.20. The highest BCUT2D eigenvalue weighted by Gasteiger charge is 2.07. The fraction of sp³-hybridized carbons (Fsp3) is 0.529. The molecular formula is C17H26N2O3. The SMILES string of the molecule is CC(C)OCC(=O)NCCNC(=O)c1ccc(C(C)C)cc1. The van der Waals surface area contributed by atoms with Gasteiger partial charge >= 0.3 is 0 Å². The minimum absolute atomic E-state index is 0.0271. The van der Waals surface area contributed by atoms with Gasteiger partial charge in [0.25, 0.3) is 5.91 Å². The van der Waals surface area contributed by atoms with Gasteiger partial charge < -0.3 is 15.4 Å². The molecule has 0 saturated heterocycles. The molecule has 1 rings (SSSR count). The fourth-order valence-corrected chi connectivity index (χ4v) is 1.79. The van der Waals surface area contributed by atoms with Gasteiger partial charge in [-0.05, 0) is 37.5 Å². The summed E-state index contributed by atoms with van der Waals surface area (Å²) in [6, 6.07) is 7.56. The predicted molar refractivity (Wildman–Crippen MR) is 87.0 cm³/mol. The molecular weight excluding hydrogens is 280 g/mol. The molecule has 0 saturated carbocycles. The van der Waals surface area contributed by atoms with Gasteiger partial charge in [-0.15, -0.1) is 0 Å². The molecule has 0 aliphatic carbocycles. The lowest BCUT2D eigenvalue weighted by molar-refractivity contribution is -0.127. The van der Waals surface area contributed by atoms with Crippen molar-refractivity contribution in [1.29, 1.82) is 0 Å². The third kappa shape index (κ3) is 6.72. The molecule has 2 N–H and O–H groups in total. The van der Waals surface area contributed by atoms with Crippen LogP contribution in [0.25, 0.3) is 0 Å². The summed E-state index contributed by atoms with van der Waals surface area (Å²) in [5.74, 6) is 0.132. The molecule has 0 bridgehead atoms. The van der Waals surface area contributed by atoms with Crippen LogP contribution >= 0.6 is 0 Å². The predicted octanol–water partition coefficient (Wildman–Crippen LogP) is 2.08. The summed E-state index contributed by atoms with van der Waals surface area (Å²) in [7, 11) is 0. The summed E-state index contributed by atoms with van der Waals surface area (Å²) in [5, 5.41) is 5.46. The number of hydrogen-bond donors (Lipinski definition) is 2. The third-order valence-corrected chi connectivity index (χ3v) is 3.12. The lowest BCUT2D eigenvalue weighted by atomic mass is 10.0. The average molecular weight is 306 g/mol. The van der Waals surface area contributed by atoms with Crippen molar-refractivity contribution in [3.05, 3.63) is 35.4 Å². The number of benzene rings is 1. The Morgan fingerprint density at radius 2 is 1.59 bits per heavy atom. The Balaban J connectivity index is 2.27. The van der Waals surface area contributed by atoms with Gasteiger partial charge in [0, 0.05) is 18.7 Å². The van der Waals surface area contributed by atoms with E-state index in [2.05, 4.69) is 24.5 Å². The first kappa shape index (κ1) is 18.2. The highest BCUT2D eigenvalue weighted by Crippen LogP contribution is 2.14. The summed E-state index contributed by atoms with van der Waals surface area (Å²) in [4.78, 5) is 23.4. The van der Waals surface area contributed by atoms with Gasteiger partial charge in [-0.1, -0.05) is 26.0 Å². The molecule has 1 aromatic rings. The first-order valence-corrected chi connectivity index (χ1v) is 7.66. The summed E-state index contributed by atoms with van der Waals surface area (Å²) < 4.78 is 5.18. The van der Waals surface area contributed by atoms with Crippen LogP contribution in [0.4, 0.5) is 0 Å². The zero-order valence-electron chi connectivity index (χ0n) is 13.8. The summed E-state index contributed by atoms with van der Waals surface area (Å²) >= 11 is 0. The summed E-state index contributed by atoms with van der Waals surface area (Å²) in [6.45, 7) is 8.79. The number of ether oxygens (including phenoxy) is 1. The lowest BCUT2D eigenvalue weighted by Gasteiger charge is -2.10. The Kier molecular flexibility index (Phi) is 7.60. The van der Waals surface area contributed by atoms with E-state index < -0.39 is 0 Å². The topological polar surface area (TPSA) is 67.4 Å². The van der Waals surface area contributed by atoms with Crippen molar-refractivity contribution in [1.82, 2.24) is 10.6 Å². The van der Waals surface area contributed by atoms with Crippen molar-refractivity contribution < 1.29 is 14.3 Å². The molecule has 22 heavy (non-hydrogen) atoms. The number of hydrogen-bond acceptors (Lipinski definition) is 3. The van der Waals surface area contributed by atoms with Crippen molar-refractivity contribution in [2.24, 2.45) is 0 Å². The van der Waals surface area contributed by atoms with E-state index in [0.717, 1.165) is 0 Å². The quantitative estimate of drug-likeness (QED) is 0.723. The van der Waals surface area contributed by atoms with E-state index >= 15 is 0 Å². The van der Waals surface area contributed by atoms with Crippen LogP contribution in [0.5, 0.6) is 0 Å². The Bertz CT molecular complexity index is 481. The summed E-state index contributed by atoms with van der Waals surface area (Å²) in [5.41, 5.74) is 1.83. The molecule has 0 aliphatic rings. The number of nitrogens with one attached hydrogen (secondary N) is 2. The van der Waals surface area contributed by atoms with Gasteiger partial charge in [0.05, 0.1) is 6.10 Å². The number of rotatable bonds is 8. The van der Waals surface area contributed by atoms with Gasteiger partial charge in [-0.25, -0.2) is 0 Å². The molecule has 2 amide bonds. The Labute approximate surface area is 132 Å². The molecule has 5 heteroatoms. The number of amides is 2. The van der Waals surface area contributed by atoms with Gasteiger partial charge in [0.1, 0.15) is 6.61 Å². The van der Waals surface area contributed by atoms with Crippen molar-refractivity contribution in [3.8, 4) is 0 Å². The van der Waals surface area contributed by atoms with Crippen LogP contribution in [0.1, 0.15) is 49.5 Å². The van der Waals surface area contributed by atoms with Crippen LogP contribution in [0.15, 0.2) is 24.3 Å². The van der Waals surface area contributed by atoms with E-state index in [0.29, 0.717) is 24.6 Å². The van der Waals surface area contributed by atoms with E-state index in [4.69, 9.17) is 4.74 Å². The Hall–Kier alpha value is -1.88. The minimum atomic E-state index is -0.177. The molecule has 0 heterocycles. The van der Waals surface area contributed by atoms with E-state index in [1.807, 2.05) is 38.1 Å². The van der Waals surface area contributed by atoms with Gasteiger partial charge in [-0.3, -0.25) is 9.59 Å². The van der Waals surface area contributed by atoms with Crippen molar-refractivity contribution in [3.63, 3.8) is 0 Å². The van der Waals surface area contributed by atoms with Gasteiger partial charge in [-0.2, -0.15) is 0 Å². The molecule has 0 unspecified atom stereocenters. The standard InChI is InChI=1S/C17H26N2O3/c1-12(2)14-5-7-15(8-6-14)17(21)19-10-9-18-16(20)11-22-13(3)4/h5-8,12-13H,9-11H2,1-4H3,(H,18,20)(H,19,21). The first-order chi connectivity index (χ1) is 10.4. The fourth-order valence-electron chi connectivity index (χ4n) is 1.79. The van der Waals surface area contributed by atoms with Crippen molar-refractivity contribution in [2.45, 2.75) is 39.7 Å². The number of carbonyl (C=O) groups excluding carboxylic acids is 2.